The molecule has 0 aromatic carbocycles. The molecule has 8 nitrogen and oxygen atoms in total. The number of anilines is 1. The van der Waals surface area contributed by atoms with Gasteiger partial charge in [-0.3, -0.25) is 10.1 Å². The molecule has 1 amide bonds. The second-order valence-electron chi connectivity index (χ2n) is 6.23. The van der Waals surface area contributed by atoms with Gasteiger partial charge in [0, 0.05) is 21.7 Å². The minimum absolute atomic E-state index is 0.205. The number of nitrogens with one attached hydrogen (secondary N) is 2. The lowest BCUT2D eigenvalue weighted by atomic mass is 9.97. The van der Waals surface area contributed by atoms with E-state index in [0.717, 1.165) is 30.6 Å². The molecule has 0 unspecified atom stereocenters. The summed E-state index contributed by atoms with van der Waals surface area (Å²) in [6, 6.07) is 3.81. The normalized spacial score (nSPS) is 19.5. The first kappa shape index (κ1) is 19.4. The summed E-state index contributed by atoms with van der Waals surface area (Å²) in [5, 5.41) is 24.2. The van der Waals surface area contributed by atoms with Crippen molar-refractivity contribution in [2.75, 3.05) is 5.32 Å². The van der Waals surface area contributed by atoms with E-state index in [2.05, 4.69) is 30.5 Å². The molecule has 11 heteroatoms. The van der Waals surface area contributed by atoms with E-state index in [1.807, 2.05) is 17.5 Å². The Morgan fingerprint density at radius 3 is 2.86 bits per heavy atom. The zero-order valence-electron chi connectivity index (χ0n) is 14.7. The molecule has 0 saturated heterocycles. The van der Waals surface area contributed by atoms with Crippen LogP contribution in [0.4, 0.5) is 5.13 Å². The Labute approximate surface area is 174 Å². The van der Waals surface area contributed by atoms with Crippen LogP contribution in [0.1, 0.15) is 36.2 Å². The van der Waals surface area contributed by atoms with Gasteiger partial charge in [-0.05, 0) is 49.6 Å². The number of hydrogen-bond acceptors (Lipinski definition) is 9. The average Bonchev–Trinajstić information content (AvgIpc) is 3.39. The summed E-state index contributed by atoms with van der Waals surface area (Å²) < 4.78 is 0. The van der Waals surface area contributed by atoms with Crippen LogP contribution in [0.3, 0.4) is 0 Å². The van der Waals surface area contributed by atoms with Gasteiger partial charge < -0.3 is 10.1 Å². The van der Waals surface area contributed by atoms with E-state index >= 15 is 0 Å². The molecule has 1 fully saturated rings. The highest BCUT2D eigenvalue weighted by atomic mass is 32.2. The van der Waals surface area contributed by atoms with E-state index in [9.17, 15) is 9.90 Å². The predicted molar refractivity (Wildman–Crippen MR) is 109 cm³/mol. The van der Waals surface area contributed by atoms with Gasteiger partial charge >= 0.3 is 0 Å². The minimum atomic E-state index is -0.284. The van der Waals surface area contributed by atoms with Crippen molar-refractivity contribution in [1.29, 1.82) is 0 Å². The van der Waals surface area contributed by atoms with E-state index in [1.54, 1.807) is 18.0 Å². The van der Waals surface area contributed by atoms with Crippen LogP contribution >= 0.6 is 34.9 Å². The SMILES string of the molecule is O=C(Nc1nccs1)c1nc(Sc2nnc[nH]2)ccc1SC1CCC(O)CC1. The second-order valence-corrected chi connectivity index (χ2v) is 9.48. The number of thiazole rings is 1. The Morgan fingerprint density at radius 1 is 1.29 bits per heavy atom. The standard InChI is InChI=1S/C17H18N6O2S3/c24-10-1-3-11(4-2-10)27-12-5-6-13(28-17-19-9-20-23-17)21-14(12)15(25)22-16-18-7-8-26-16/h5-11,24H,1-4H2,(H,18,22,25)(H,19,20,23). The van der Waals surface area contributed by atoms with Crippen molar-refractivity contribution in [2.24, 2.45) is 0 Å². The first-order chi connectivity index (χ1) is 13.7. The lowest BCUT2D eigenvalue weighted by Crippen LogP contribution is -2.20. The van der Waals surface area contributed by atoms with E-state index < -0.39 is 0 Å². The quantitative estimate of drug-likeness (QED) is 0.540. The van der Waals surface area contributed by atoms with E-state index in [0.29, 0.717) is 26.3 Å². The Kier molecular flexibility index (Phi) is 6.25. The first-order valence-corrected chi connectivity index (χ1v) is 11.4. The van der Waals surface area contributed by atoms with Crippen molar-refractivity contribution >= 4 is 45.9 Å². The van der Waals surface area contributed by atoms with Crippen LogP contribution in [0.25, 0.3) is 0 Å². The van der Waals surface area contributed by atoms with Crippen LogP contribution in [0.5, 0.6) is 0 Å². The maximum atomic E-state index is 12.9. The number of pyridine rings is 1. The molecule has 1 saturated carbocycles. The lowest BCUT2D eigenvalue weighted by molar-refractivity contribution is 0.101. The van der Waals surface area contributed by atoms with Gasteiger partial charge in [-0.25, -0.2) is 9.97 Å². The molecule has 3 N–H and O–H groups in total. The number of nitrogens with zero attached hydrogens (tertiary/aromatic N) is 4. The van der Waals surface area contributed by atoms with Crippen LogP contribution in [-0.2, 0) is 0 Å². The third kappa shape index (κ3) is 4.90. The maximum Gasteiger partial charge on any atom is 0.277 e. The number of aliphatic hydroxyl groups excluding tert-OH is 1. The van der Waals surface area contributed by atoms with Crippen LogP contribution in [0.2, 0.25) is 0 Å². The van der Waals surface area contributed by atoms with Gasteiger partial charge in [0.25, 0.3) is 5.91 Å². The molecule has 146 valence electrons. The number of H-pyrrole nitrogens is 1. The topological polar surface area (TPSA) is 117 Å². The van der Waals surface area contributed by atoms with Gasteiger partial charge in [0.2, 0.25) is 0 Å². The van der Waals surface area contributed by atoms with Crippen molar-refractivity contribution in [3.63, 3.8) is 0 Å². The summed E-state index contributed by atoms with van der Waals surface area (Å²) in [6.45, 7) is 0. The van der Waals surface area contributed by atoms with Gasteiger partial charge in [0.15, 0.2) is 10.3 Å². The van der Waals surface area contributed by atoms with Crippen molar-refractivity contribution in [1.82, 2.24) is 25.1 Å². The number of carbonyl (C=O) groups is 1. The Hall–Kier alpha value is -1.95. The highest BCUT2D eigenvalue weighted by Gasteiger charge is 2.24. The molecule has 0 bridgehead atoms. The summed E-state index contributed by atoms with van der Waals surface area (Å²) in [4.78, 5) is 25.3. The van der Waals surface area contributed by atoms with Crippen molar-refractivity contribution < 1.29 is 9.90 Å². The molecular weight excluding hydrogens is 416 g/mol. The molecule has 3 aromatic rings. The maximum absolute atomic E-state index is 12.9. The van der Waals surface area contributed by atoms with Crippen LogP contribution in [-0.4, -0.2) is 47.5 Å². The van der Waals surface area contributed by atoms with E-state index in [1.165, 1.54) is 29.4 Å². The molecule has 4 rings (SSSR count). The van der Waals surface area contributed by atoms with Gasteiger partial charge in [-0.2, -0.15) is 0 Å². The number of aliphatic hydroxyl groups is 1. The lowest BCUT2D eigenvalue weighted by Gasteiger charge is -2.25. The second kappa shape index (κ2) is 9.03. The molecule has 0 atom stereocenters. The molecule has 0 aliphatic heterocycles. The van der Waals surface area contributed by atoms with Crippen LogP contribution in [0.15, 0.2) is 45.1 Å². The third-order valence-electron chi connectivity index (χ3n) is 4.23. The molecule has 3 aromatic heterocycles. The number of amides is 1. The number of aromatic nitrogens is 5. The summed E-state index contributed by atoms with van der Waals surface area (Å²) in [5.41, 5.74) is 0.371. The summed E-state index contributed by atoms with van der Waals surface area (Å²) in [6.07, 6.45) is 6.38. The Balaban J connectivity index is 1.57. The molecule has 0 radical (unpaired) electrons. The molecule has 0 spiro atoms. The van der Waals surface area contributed by atoms with Gasteiger partial charge in [-0.15, -0.1) is 33.3 Å². The fraction of sp³-hybridized carbons (Fsp3) is 0.353. The highest BCUT2D eigenvalue weighted by Crippen LogP contribution is 2.36. The monoisotopic (exact) mass is 434 g/mol. The van der Waals surface area contributed by atoms with Crippen molar-refractivity contribution in [3.05, 3.63) is 35.7 Å². The van der Waals surface area contributed by atoms with Crippen molar-refractivity contribution in [3.8, 4) is 0 Å². The third-order valence-corrected chi connectivity index (χ3v) is 7.14. The zero-order valence-corrected chi connectivity index (χ0v) is 17.2. The molecule has 1 aliphatic carbocycles. The van der Waals surface area contributed by atoms with E-state index in [4.69, 9.17) is 0 Å². The van der Waals surface area contributed by atoms with Crippen molar-refractivity contribution in [2.45, 2.75) is 52.1 Å². The minimum Gasteiger partial charge on any atom is -0.393 e. The van der Waals surface area contributed by atoms with Crippen LogP contribution in [0, 0.1) is 0 Å². The smallest absolute Gasteiger partial charge is 0.277 e. The zero-order chi connectivity index (χ0) is 19.3. The molecule has 28 heavy (non-hydrogen) atoms. The molecule has 3 heterocycles. The number of hydrogen-bond donors (Lipinski definition) is 3. The van der Waals surface area contributed by atoms with Crippen LogP contribution < -0.4 is 5.32 Å². The Morgan fingerprint density at radius 2 is 2.14 bits per heavy atom. The number of thioether (sulfide) groups is 1. The summed E-state index contributed by atoms with van der Waals surface area (Å²) in [7, 11) is 0. The number of rotatable bonds is 6. The highest BCUT2D eigenvalue weighted by molar-refractivity contribution is 8.00. The Bertz CT molecular complexity index is 911. The fourth-order valence-electron chi connectivity index (χ4n) is 2.87. The number of aromatic amines is 1. The fourth-order valence-corrected chi connectivity index (χ4v) is 5.33. The predicted octanol–water partition coefficient (Wildman–Crippen LogP) is 3.46. The van der Waals surface area contributed by atoms with Gasteiger partial charge in [-0.1, -0.05) is 0 Å². The van der Waals surface area contributed by atoms with E-state index in [-0.39, 0.29) is 12.0 Å². The van der Waals surface area contributed by atoms with Gasteiger partial charge in [0.05, 0.1) is 6.10 Å². The summed E-state index contributed by atoms with van der Waals surface area (Å²) >= 11 is 4.33. The first-order valence-electron chi connectivity index (χ1n) is 8.78. The summed E-state index contributed by atoms with van der Waals surface area (Å²) in [5.74, 6) is -0.284. The van der Waals surface area contributed by atoms with Gasteiger partial charge in [0.1, 0.15) is 17.0 Å². The average molecular weight is 435 g/mol. The molecule has 1 aliphatic rings. The largest absolute Gasteiger partial charge is 0.393 e. The number of carbonyl (C=O) groups excluding carboxylic acids is 1. The molecular formula is C17H18N6O2S3.